The highest BCUT2D eigenvalue weighted by atomic mass is 31.1. The Morgan fingerprint density at radius 2 is 1.58 bits per heavy atom. The number of hydrogen-bond acceptors (Lipinski definition) is 0. The molecule has 9 heteroatoms. The van der Waals surface area contributed by atoms with Crippen LogP contribution in [0.1, 0.15) is 78.6 Å². The highest BCUT2D eigenvalue weighted by Crippen LogP contribution is 2.67. The van der Waals surface area contributed by atoms with Gasteiger partial charge >= 0.3 is 11.8 Å². The summed E-state index contributed by atoms with van der Waals surface area (Å²) in [7, 11) is -2.49. The van der Waals surface area contributed by atoms with E-state index >= 15 is 13.2 Å². The molecule has 0 nitrogen and oxygen atoms in total. The molecule has 0 N–H and O–H groups in total. The van der Waals surface area contributed by atoms with Crippen LogP contribution < -0.4 is 0 Å². The fourth-order valence-corrected chi connectivity index (χ4v) is 6.69. The van der Waals surface area contributed by atoms with Gasteiger partial charge in [-0.1, -0.05) is 58.1 Å². The third-order valence-corrected chi connectivity index (χ3v) is 8.62. The Bertz CT molecular complexity index is 607. The van der Waals surface area contributed by atoms with Gasteiger partial charge in [0.2, 0.25) is 0 Å². The molecule has 0 saturated carbocycles. The van der Waals surface area contributed by atoms with Crippen molar-refractivity contribution in [2.45, 2.75) is 102 Å². The second-order valence-corrected chi connectivity index (χ2v) is 11.1. The molecule has 0 bridgehead atoms. The van der Waals surface area contributed by atoms with E-state index in [0.29, 0.717) is 12.5 Å². The largest absolute Gasteiger partial charge is 0.389 e. The standard InChI is InChI=1S/C22H33F8P/c1-4-10-17(2)16-31(18-11-9-13-20(24,25)15-18)22(29,30)19(3,23)12-7-5-6-8-14-21(26,27)28/h9,11,13,17H,4-8,10,12,14-16H2,1-3H3. The lowest BCUT2D eigenvalue weighted by Crippen LogP contribution is -2.41. The van der Waals surface area contributed by atoms with Crippen LogP contribution in [-0.4, -0.2) is 29.6 Å². The number of allylic oxidation sites excluding steroid dienone is 4. The molecule has 1 rings (SSSR count). The van der Waals surface area contributed by atoms with Gasteiger partial charge in [0, 0.05) is 12.8 Å². The van der Waals surface area contributed by atoms with Crippen molar-refractivity contribution >= 4 is 7.92 Å². The molecule has 31 heavy (non-hydrogen) atoms. The summed E-state index contributed by atoms with van der Waals surface area (Å²) in [5.74, 6) is -3.40. The molecule has 182 valence electrons. The summed E-state index contributed by atoms with van der Waals surface area (Å²) in [5.41, 5.74) is -6.74. The predicted octanol–water partition coefficient (Wildman–Crippen LogP) is 9.61. The third-order valence-electron chi connectivity index (χ3n) is 5.49. The summed E-state index contributed by atoms with van der Waals surface area (Å²) >= 11 is 0. The molecule has 0 spiro atoms. The van der Waals surface area contributed by atoms with E-state index in [9.17, 15) is 22.0 Å². The first-order valence-electron chi connectivity index (χ1n) is 10.8. The van der Waals surface area contributed by atoms with Crippen LogP contribution in [0, 0.1) is 5.92 Å². The van der Waals surface area contributed by atoms with Crippen molar-refractivity contribution in [3.8, 4) is 0 Å². The Labute approximate surface area is 181 Å². The predicted molar refractivity (Wildman–Crippen MR) is 111 cm³/mol. The van der Waals surface area contributed by atoms with Crippen molar-refractivity contribution in [1.29, 1.82) is 0 Å². The summed E-state index contributed by atoms with van der Waals surface area (Å²) in [6.07, 6.45) is -1.98. The first-order chi connectivity index (χ1) is 14.1. The quantitative estimate of drug-likeness (QED) is 0.140. The van der Waals surface area contributed by atoms with E-state index in [0.717, 1.165) is 19.4 Å². The first-order valence-corrected chi connectivity index (χ1v) is 12.3. The lowest BCUT2D eigenvalue weighted by molar-refractivity contribution is -0.135. The van der Waals surface area contributed by atoms with Crippen molar-refractivity contribution < 1.29 is 35.1 Å². The average Bonchev–Trinajstić information content (AvgIpc) is 2.60. The lowest BCUT2D eigenvalue weighted by atomic mass is 9.99. The van der Waals surface area contributed by atoms with Crippen molar-refractivity contribution in [3.63, 3.8) is 0 Å². The summed E-state index contributed by atoms with van der Waals surface area (Å²) in [6.45, 7) is 4.45. The Hall–Kier alpha value is -0.650. The number of alkyl halides is 8. The van der Waals surface area contributed by atoms with Gasteiger partial charge in [0.1, 0.15) is 0 Å². The summed E-state index contributed by atoms with van der Waals surface area (Å²) in [4.78, 5) is 0. The highest BCUT2D eigenvalue weighted by Gasteiger charge is 2.57. The van der Waals surface area contributed by atoms with Gasteiger partial charge in [-0.2, -0.15) is 22.0 Å². The molecule has 0 fully saturated rings. The molecule has 1 aliphatic carbocycles. The molecule has 1 aliphatic rings. The third kappa shape index (κ3) is 9.39. The fourth-order valence-electron chi connectivity index (χ4n) is 3.72. The van der Waals surface area contributed by atoms with E-state index in [-0.39, 0.29) is 43.1 Å². The zero-order valence-electron chi connectivity index (χ0n) is 18.4. The molecule has 0 aromatic heterocycles. The van der Waals surface area contributed by atoms with Gasteiger partial charge in [0.05, 0.1) is 0 Å². The zero-order valence-corrected chi connectivity index (χ0v) is 19.2. The summed E-state index contributed by atoms with van der Waals surface area (Å²) < 4.78 is 110. The Morgan fingerprint density at radius 1 is 1.00 bits per heavy atom. The molecule has 3 unspecified atom stereocenters. The number of hydrogen-bond donors (Lipinski definition) is 0. The van der Waals surface area contributed by atoms with Gasteiger partial charge in [0.15, 0.2) is 5.67 Å². The maximum absolute atomic E-state index is 15.4. The molecule has 3 atom stereocenters. The molecule has 0 radical (unpaired) electrons. The van der Waals surface area contributed by atoms with Gasteiger partial charge in [-0.15, -0.1) is 0 Å². The van der Waals surface area contributed by atoms with Crippen LogP contribution in [0.5, 0.6) is 0 Å². The van der Waals surface area contributed by atoms with Crippen LogP contribution in [0.4, 0.5) is 35.1 Å². The fraction of sp³-hybridized carbons (Fsp3) is 0.818. The Balaban J connectivity index is 2.88. The van der Waals surface area contributed by atoms with Gasteiger partial charge < -0.3 is 0 Å². The Kier molecular flexibility index (Phi) is 10.5. The van der Waals surface area contributed by atoms with E-state index in [1.807, 2.05) is 6.92 Å². The average molecular weight is 480 g/mol. The SMILES string of the molecule is CCCC(C)CP(C1=CC=CC(F)(F)C1)C(F)(F)C(C)(F)CCCCCCC(F)(F)F. The number of rotatable bonds is 13. The molecule has 0 amide bonds. The van der Waals surface area contributed by atoms with Gasteiger partial charge in [-0.3, -0.25) is 0 Å². The number of unbranched alkanes of at least 4 members (excludes halogenated alkanes) is 3. The minimum atomic E-state index is -4.27. The van der Waals surface area contributed by atoms with Gasteiger partial charge in [-0.05, 0) is 51.2 Å². The monoisotopic (exact) mass is 480 g/mol. The van der Waals surface area contributed by atoms with Crippen LogP contribution in [0.15, 0.2) is 23.5 Å². The van der Waals surface area contributed by atoms with E-state index < -0.39 is 50.6 Å². The summed E-state index contributed by atoms with van der Waals surface area (Å²) in [5, 5.41) is -0.0931. The van der Waals surface area contributed by atoms with Crippen molar-refractivity contribution in [1.82, 2.24) is 0 Å². The van der Waals surface area contributed by atoms with E-state index in [4.69, 9.17) is 0 Å². The molecule has 0 aliphatic heterocycles. The van der Waals surface area contributed by atoms with E-state index in [2.05, 4.69) is 0 Å². The Morgan fingerprint density at radius 3 is 2.10 bits per heavy atom. The highest BCUT2D eigenvalue weighted by molar-refractivity contribution is 7.63. The normalized spacial score (nSPS) is 20.8. The van der Waals surface area contributed by atoms with Crippen molar-refractivity contribution in [2.24, 2.45) is 5.92 Å². The molecule has 0 saturated heterocycles. The second-order valence-electron chi connectivity index (χ2n) is 8.73. The maximum atomic E-state index is 15.4. The molecular formula is C22H33F8P. The maximum Gasteiger partial charge on any atom is 0.389 e. The second kappa shape index (κ2) is 11.5. The van der Waals surface area contributed by atoms with Crippen LogP contribution in [0.25, 0.3) is 0 Å². The lowest BCUT2D eigenvalue weighted by Gasteiger charge is -2.40. The first kappa shape index (κ1) is 28.4. The van der Waals surface area contributed by atoms with E-state index in [1.165, 1.54) is 6.08 Å². The van der Waals surface area contributed by atoms with Crippen LogP contribution in [0.3, 0.4) is 0 Å². The van der Waals surface area contributed by atoms with E-state index in [1.54, 1.807) is 6.92 Å². The van der Waals surface area contributed by atoms with Gasteiger partial charge in [0.25, 0.3) is 5.92 Å². The van der Waals surface area contributed by atoms with Crippen molar-refractivity contribution in [3.05, 3.63) is 23.5 Å². The summed E-state index contributed by atoms with van der Waals surface area (Å²) in [6, 6.07) is 0. The van der Waals surface area contributed by atoms with Crippen molar-refractivity contribution in [2.75, 3.05) is 6.16 Å². The van der Waals surface area contributed by atoms with Crippen LogP contribution in [0.2, 0.25) is 0 Å². The molecule has 0 heterocycles. The minimum absolute atomic E-state index is 0.0171. The van der Waals surface area contributed by atoms with Gasteiger partial charge in [-0.25, -0.2) is 13.2 Å². The zero-order chi connectivity index (χ0) is 23.9. The smallest absolute Gasteiger partial charge is 0.237 e. The van der Waals surface area contributed by atoms with Crippen LogP contribution >= 0.6 is 7.92 Å². The number of halogens is 8. The molecular weight excluding hydrogens is 447 g/mol. The minimum Gasteiger partial charge on any atom is -0.237 e. The topological polar surface area (TPSA) is 0 Å². The molecule has 0 aromatic rings. The molecule has 0 aromatic carbocycles. The van der Waals surface area contributed by atoms with Crippen LogP contribution in [-0.2, 0) is 0 Å².